The summed E-state index contributed by atoms with van der Waals surface area (Å²) < 4.78 is 5.63. The molecule has 1 aromatic rings. The Kier molecular flexibility index (Phi) is 5.23. The van der Waals surface area contributed by atoms with Gasteiger partial charge in [-0.15, -0.1) is 0 Å². The molecule has 0 aliphatic heterocycles. The van der Waals surface area contributed by atoms with Crippen LogP contribution in [0.15, 0.2) is 24.3 Å². The van der Waals surface area contributed by atoms with Crippen LogP contribution in [0.2, 0.25) is 0 Å². The quantitative estimate of drug-likeness (QED) is 0.682. The van der Waals surface area contributed by atoms with Crippen LogP contribution in [0.4, 0.5) is 0 Å². The number of benzene rings is 1. The van der Waals surface area contributed by atoms with Gasteiger partial charge in [-0.25, -0.2) is 0 Å². The number of hydrogen-bond donors (Lipinski definition) is 0. The summed E-state index contributed by atoms with van der Waals surface area (Å²) in [6.07, 6.45) is 3.71. The van der Waals surface area contributed by atoms with Crippen LogP contribution in [0, 0.1) is 5.92 Å². The number of hydrogen-bond acceptors (Lipinski definition) is 1. The first-order valence-corrected chi connectivity index (χ1v) is 5.94. The number of unbranched alkanes of at least 4 members (excludes halogenated alkanes) is 1. The summed E-state index contributed by atoms with van der Waals surface area (Å²) in [5.74, 6) is 1.58. The molecule has 15 heavy (non-hydrogen) atoms. The van der Waals surface area contributed by atoms with Crippen molar-refractivity contribution < 1.29 is 4.74 Å². The maximum absolute atomic E-state index is 5.63. The van der Waals surface area contributed by atoms with Gasteiger partial charge in [-0.1, -0.05) is 39.3 Å². The molecule has 1 rings (SSSR count). The SMILES string of the molecule is CCCCc1ccc(OCC(C)C)cc1. The minimum absolute atomic E-state index is 0.588. The topological polar surface area (TPSA) is 9.23 Å². The van der Waals surface area contributed by atoms with Crippen molar-refractivity contribution in [2.75, 3.05) is 6.61 Å². The molecule has 0 fully saturated rings. The Morgan fingerprint density at radius 1 is 1.13 bits per heavy atom. The van der Waals surface area contributed by atoms with Crippen molar-refractivity contribution in [3.63, 3.8) is 0 Å². The van der Waals surface area contributed by atoms with Crippen molar-refractivity contribution in [1.29, 1.82) is 0 Å². The van der Waals surface area contributed by atoms with E-state index in [0.29, 0.717) is 5.92 Å². The van der Waals surface area contributed by atoms with E-state index in [2.05, 4.69) is 45.0 Å². The van der Waals surface area contributed by atoms with E-state index in [9.17, 15) is 0 Å². The molecule has 0 radical (unpaired) electrons. The molecule has 0 amide bonds. The highest BCUT2D eigenvalue weighted by Gasteiger charge is 1.97. The van der Waals surface area contributed by atoms with Gasteiger partial charge in [-0.05, 0) is 36.5 Å². The maximum Gasteiger partial charge on any atom is 0.119 e. The highest BCUT2D eigenvalue weighted by molar-refractivity contribution is 5.27. The van der Waals surface area contributed by atoms with Crippen LogP contribution in [0.25, 0.3) is 0 Å². The van der Waals surface area contributed by atoms with Crippen molar-refractivity contribution in [1.82, 2.24) is 0 Å². The Balaban J connectivity index is 2.41. The van der Waals surface area contributed by atoms with Crippen molar-refractivity contribution >= 4 is 0 Å². The molecule has 1 aromatic carbocycles. The molecule has 0 aliphatic carbocycles. The van der Waals surface area contributed by atoms with Gasteiger partial charge in [0.1, 0.15) is 5.75 Å². The van der Waals surface area contributed by atoms with Gasteiger partial charge in [0.2, 0.25) is 0 Å². The van der Waals surface area contributed by atoms with E-state index < -0.39 is 0 Å². The summed E-state index contributed by atoms with van der Waals surface area (Å²) in [4.78, 5) is 0. The number of ether oxygens (including phenoxy) is 1. The van der Waals surface area contributed by atoms with E-state index in [4.69, 9.17) is 4.74 Å². The molecule has 0 unspecified atom stereocenters. The fourth-order valence-electron chi connectivity index (χ4n) is 1.40. The first-order chi connectivity index (χ1) is 7.22. The van der Waals surface area contributed by atoms with Crippen LogP contribution < -0.4 is 4.74 Å². The second-order valence-electron chi connectivity index (χ2n) is 4.45. The average Bonchev–Trinajstić information content (AvgIpc) is 2.25. The Bertz CT molecular complexity index is 261. The molecular weight excluding hydrogens is 184 g/mol. The Labute approximate surface area is 93.5 Å². The zero-order valence-electron chi connectivity index (χ0n) is 10.1. The van der Waals surface area contributed by atoms with Gasteiger partial charge < -0.3 is 4.74 Å². The summed E-state index contributed by atoms with van der Waals surface area (Å²) >= 11 is 0. The first-order valence-electron chi connectivity index (χ1n) is 5.94. The van der Waals surface area contributed by atoms with Crippen LogP contribution in [-0.2, 0) is 6.42 Å². The standard InChI is InChI=1S/C14H22O/c1-4-5-6-13-7-9-14(10-8-13)15-11-12(2)3/h7-10,12H,4-6,11H2,1-3H3. The largest absolute Gasteiger partial charge is 0.493 e. The van der Waals surface area contributed by atoms with Gasteiger partial charge in [0, 0.05) is 0 Å². The van der Waals surface area contributed by atoms with E-state index in [1.807, 2.05) is 0 Å². The fraction of sp³-hybridized carbons (Fsp3) is 0.571. The minimum Gasteiger partial charge on any atom is -0.493 e. The molecule has 84 valence electrons. The lowest BCUT2D eigenvalue weighted by Crippen LogP contribution is -2.04. The zero-order valence-corrected chi connectivity index (χ0v) is 10.1. The van der Waals surface area contributed by atoms with Gasteiger partial charge >= 0.3 is 0 Å². The normalized spacial score (nSPS) is 10.7. The molecule has 0 saturated heterocycles. The van der Waals surface area contributed by atoms with E-state index in [1.54, 1.807) is 0 Å². The van der Waals surface area contributed by atoms with Crippen molar-refractivity contribution in [3.05, 3.63) is 29.8 Å². The van der Waals surface area contributed by atoms with E-state index in [-0.39, 0.29) is 0 Å². The first kappa shape index (κ1) is 12.1. The van der Waals surface area contributed by atoms with Crippen LogP contribution in [0.1, 0.15) is 39.2 Å². The predicted molar refractivity (Wildman–Crippen MR) is 65.4 cm³/mol. The molecule has 0 N–H and O–H groups in total. The van der Waals surface area contributed by atoms with Gasteiger partial charge in [0.25, 0.3) is 0 Å². The lowest BCUT2D eigenvalue weighted by molar-refractivity contribution is 0.271. The predicted octanol–water partition coefficient (Wildman–Crippen LogP) is 4.06. The van der Waals surface area contributed by atoms with Crippen molar-refractivity contribution in [2.45, 2.75) is 40.0 Å². The smallest absolute Gasteiger partial charge is 0.119 e. The van der Waals surface area contributed by atoms with Gasteiger partial charge in [0.15, 0.2) is 0 Å². The number of aryl methyl sites for hydroxylation is 1. The molecule has 0 spiro atoms. The third-order valence-corrected chi connectivity index (χ3v) is 2.33. The summed E-state index contributed by atoms with van der Waals surface area (Å²) in [5, 5.41) is 0. The van der Waals surface area contributed by atoms with Gasteiger partial charge in [0.05, 0.1) is 6.61 Å². The molecular formula is C14H22O. The van der Waals surface area contributed by atoms with Crippen LogP contribution >= 0.6 is 0 Å². The molecule has 0 heterocycles. The molecule has 0 aliphatic rings. The highest BCUT2D eigenvalue weighted by atomic mass is 16.5. The van der Waals surface area contributed by atoms with E-state index in [0.717, 1.165) is 12.4 Å². The summed E-state index contributed by atoms with van der Waals surface area (Å²) in [5.41, 5.74) is 1.41. The lowest BCUT2D eigenvalue weighted by atomic mass is 10.1. The Morgan fingerprint density at radius 2 is 1.80 bits per heavy atom. The van der Waals surface area contributed by atoms with Crippen molar-refractivity contribution in [3.8, 4) is 5.75 Å². The molecule has 0 atom stereocenters. The average molecular weight is 206 g/mol. The molecule has 0 bridgehead atoms. The van der Waals surface area contributed by atoms with Crippen molar-refractivity contribution in [2.24, 2.45) is 5.92 Å². The summed E-state index contributed by atoms with van der Waals surface area (Å²) in [7, 11) is 0. The highest BCUT2D eigenvalue weighted by Crippen LogP contribution is 2.14. The number of rotatable bonds is 6. The monoisotopic (exact) mass is 206 g/mol. The van der Waals surface area contributed by atoms with Crippen LogP contribution in [0.5, 0.6) is 5.75 Å². The second kappa shape index (κ2) is 6.49. The molecule has 0 aromatic heterocycles. The lowest BCUT2D eigenvalue weighted by Gasteiger charge is -2.09. The third-order valence-electron chi connectivity index (χ3n) is 2.33. The molecule has 0 saturated carbocycles. The zero-order chi connectivity index (χ0) is 11.1. The van der Waals surface area contributed by atoms with E-state index >= 15 is 0 Å². The third kappa shape index (κ3) is 4.87. The fourth-order valence-corrected chi connectivity index (χ4v) is 1.40. The maximum atomic E-state index is 5.63. The van der Waals surface area contributed by atoms with E-state index in [1.165, 1.54) is 24.8 Å². The van der Waals surface area contributed by atoms with Gasteiger partial charge in [-0.2, -0.15) is 0 Å². The molecule has 1 heteroatoms. The summed E-state index contributed by atoms with van der Waals surface area (Å²) in [6, 6.07) is 8.50. The van der Waals surface area contributed by atoms with Crippen LogP contribution in [-0.4, -0.2) is 6.61 Å². The summed E-state index contributed by atoms with van der Waals surface area (Å²) in [6.45, 7) is 7.35. The Hall–Kier alpha value is -0.980. The van der Waals surface area contributed by atoms with Gasteiger partial charge in [-0.3, -0.25) is 0 Å². The minimum atomic E-state index is 0.588. The Morgan fingerprint density at radius 3 is 2.33 bits per heavy atom. The van der Waals surface area contributed by atoms with Crippen LogP contribution in [0.3, 0.4) is 0 Å². The second-order valence-corrected chi connectivity index (χ2v) is 4.45. The molecule has 1 nitrogen and oxygen atoms in total.